The molecule has 3 aliphatic rings. The fourth-order valence-electron chi connectivity index (χ4n) is 5.66. The van der Waals surface area contributed by atoms with Gasteiger partial charge in [0.05, 0.1) is 6.61 Å². The van der Waals surface area contributed by atoms with Gasteiger partial charge in [-0.1, -0.05) is 26.7 Å². The van der Waals surface area contributed by atoms with E-state index in [4.69, 9.17) is 10.5 Å². The average molecular weight is 525 g/mol. The number of nitrogens with two attached hydrogens (primary N) is 1. The minimum Gasteiger partial charge on any atom is -0.449 e. The second-order valence-corrected chi connectivity index (χ2v) is 13.9. The molecule has 0 aromatic carbocycles. The topological polar surface area (TPSA) is 114 Å². The highest BCUT2D eigenvalue weighted by Gasteiger charge is 2.45. The molecule has 2 atom stereocenters. The monoisotopic (exact) mass is 524 g/mol. The number of carbonyl (C=O) groups is 3. The quantitative estimate of drug-likeness (QED) is 0.400. The molecule has 1 saturated heterocycles. The maximum absolute atomic E-state index is 13.9. The highest BCUT2D eigenvalue weighted by molar-refractivity contribution is 8.01. The lowest BCUT2D eigenvalue weighted by Gasteiger charge is -2.38. The van der Waals surface area contributed by atoms with Crippen LogP contribution in [0.3, 0.4) is 0 Å². The van der Waals surface area contributed by atoms with Crippen LogP contribution in [0.15, 0.2) is 0 Å². The van der Waals surface area contributed by atoms with Gasteiger partial charge in [0, 0.05) is 29.1 Å². The number of ether oxygens (including phenoxy) is 1. The molecule has 0 spiro atoms. The maximum Gasteiger partial charge on any atom is 0.407 e. The third kappa shape index (κ3) is 8.27. The molecule has 206 valence electrons. The van der Waals surface area contributed by atoms with Gasteiger partial charge < -0.3 is 26.0 Å². The van der Waals surface area contributed by atoms with Crippen molar-refractivity contribution in [1.29, 1.82) is 0 Å². The molecular weight excluding hydrogens is 476 g/mol. The third-order valence-electron chi connectivity index (χ3n) is 7.82. The highest BCUT2D eigenvalue weighted by atomic mass is 32.2. The van der Waals surface area contributed by atoms with Gasteiger partial charge in [-0.3, -0.25) is 9.59 Å². The Morgan fingerprint density at radius 1 is 1.03 bits per heavy atom. The normalized spacial score (nSPS) is 26.2. The lowest BCUT2D eigenvalue weighted by atomic mass is 9.86. The first kappa shape index (κ1) is 29.1. The summed E-state index contributed by atoms with van der Waals surface area (Å²) in [6, 6.07) is -0.982. The SMILES string of the molecule is CC(C)COC(=O)NC(C(=O)N1CCCC1C(=O)NCC1CCC(N)CC1)C(C)(C)SC1CCCC1. The Hall–Kier alpha value is -1.48. The van der Waals surface area contributed by atoms with E-state index in [1.54, 1.807) is 16.7 Å². The number of rotatable bonds is 10. The summed E-state index contributed by atoms with van der Waals surface area (Å²) in [4.78, 5) is 41.5. The summed E-state index contributed by atoms with van der Waals surface area (Å²) in [5.41, 5.74) is 6.01. The van der Waals surface area contributed by atoms with Gasteiger partial charge in [-0.2, -0.15) is 0 Å². The number of thioether (sulfide) groups is 1. The lowest BCUT2D eigenvalue weighted by molar-refractivity contribution is -0.140. The predicted octanol–water partition coefficient (Wildman–Crippen LogP) is 3.82. The molecule has 4 N–H and O–H groups in total. The number of hydrogen-bond donors (Lipinski definition) is 3. The summed E-state index contributed by atoms with van der Waals surface area (Å²) in [7, 11) is 0. The number of amides is 3. The zero-order valence-electron chi connectivity index (χ0n) is 22.7. The van der Waals surface area contributed by atoms with Crippen LogP contribution in [0.4, 0.5) is 4.79 Å². The van der Waals surface area contributed by atoms with Gasteiger partial charge in [-0.25, -0.2) is 4.79 Å². The minimum absolute atomic E-state index is 0.0851. The number of hydrogen-bond acceptors (Lipinski definition) is 6. The van der Waals surface area contributed by atoms with Crippen LogP contribution in [0.25, 0.3) is 0 Å². The number of carbonyl (C=O) groups excluding carboxylic acids is 3. The van der Waals surface area contributed by atoms with Crippen molar-refractivity contribution in [3.8, 4) is 0 Å². The van der Waals surface area contributed by atoms with Gasteiger partial charge in [0.15, 0.2) is 0 Å². The second kappa shape index (κ2) is 13.4. The van der Waals surface area contributed by atoms with Crippen molar-refractivity contribution in [3.05, 3.63) is 0 Å². The summed E-state index contributed by atoms with van der Waals surface area (Å²) >= 11 is 1.78. The fraction of sp³-hybridized carbons (Fsp3) is 0.889. The lowest BCUT2D eigenvalue weighted by Crippen LogP contribution is -2.60. The smallest absolute Gasteiger partial charge is 0.407 e. The summed E-state index contributed by atoms with van der Waals surface area (Å²) in [6.45, 7) is 9.47. The molecule has 2 aliphatic carbocycles. The van der Waals surface area contributed by atoms with Crippen LogP contribution in [0, 0.1) is 11.8 Å². The largest absolute Gasteiger partial charge is 0.449 e. The van der Waals surface area contributed by atoms with Crippen molar-refractivity contribution >= 4 is 29.7 Å². The van der Waals surface area contributed by atoms with Crippen LogP contribution in [0.2, 0.25) is 0 Å². The van der Waals surface area contributed by atoms with Crippen LogP contribution in [-0.4, -0.2) is 70.6 Å². The molecule has 1 aliphatic heterocycles. The van der Waals surface area contributed by atoms with Crippen molar-refractivity contribution in [3.63, 3.8) is 0 Å². The van der Waals surface area contributed by atoms with E-state index >= 15 is 0 Å². The molecule has 3 rings (SSSR count). The number of nitrogens with zero attached hydrogens (tertiary/aromatic N) is 1. The van der Waals surface area contributed by atoms with E-state index in [9.17, 15) is 14.4 Å². The third-order valence-corrected chi connectivity index (χ3v) is 9.47. The first-order chi connectivity index (χ1) is 17.1. The van der Waals surface area contributed by atoms with E-state index in [2.05, 4.69) is 10.6 Å². The first-order valence-corrected chi connectivity index (χ1v) is 14.9. The Balaban J connectivity index is 1.67. The van der Waals surface area contributed by atoms with Crippen molar-refractivity contribution in [1.82, 2.24) is 15.5 Å². The number of alkyl carbamates (subject to hydrolysis) is 1. The Morgan fingerprint density at radius 2 is 1.69 bits per heavy atom. The van der Waals surface area contributed by atoms with Crippen molar-refractivity contribution in [2.75, 3.05) is 19.7 Å². The zero-order chi connectivity index (χ0) is 26.3. The predicted molar refractivity (Wildman–Crippen MR) is 145 cm³/mol. The Labute approximate surface area is 221 Å². The van der Waals surface area contributed by atoms with E-state index < -0.39 is 22.9 Å². The molecule has 0 aromatic heterocycles. The van der Waals surface area contributed by atoms with E-state index in [0.29, 0.717) is 37.3 Å². The Bertz CT molecular complexity index is 748. The Morgan fingerprint density at radius 3 is 2.33 bits per heavy atom. The summed E-state index contributed by atoms with van der Waals surface area (Å²) in [5.74, 6) is 0.384. The molecule has 2 saturated carbocycles. The maximum atomic E-state index is 13.9. The second-order valence-electron chi connectivity index (χ2n) is 11.9. The summed E-state index contributed by atoms with van der Waals surface area (Å²) in [6.07, 6.45) is 9.60. The number of likely N-dealkylation sites (tertiary alicyclic amines) is 1. The molecule has 0 aromatic rings. The van der Waals surface area contributed by atoms with Crippen LogP contribution >= 0.6 is 11.8 Å². The molecule has 0 radical (unpaired) electrons. The minimum atomic E-state index is -0.768. The molecule has 9 heteroatoms. The molecule has 3 fully saturated rings. The molecular formula is C27H48N4O4S. The standard InChI is InChI=1S/C27H48N4O4S/c1-18(2)17-35-26(34)30-23(27(3,4)36-21-8-5-6-9-21)25(33)31-15-7-10-22(31)24(32)29-16-19-11-13-20(28)14-12-19/h18-23H,5-17,28H2,1-4H3,(H,29,32)(H,30,34). The average Bonchev–Trinajstić information content (AvgIpc) is 3.52. The van der Waals surface area contributed by atoms with Gasteiger partial charge in [0.1, 0.15) is 12.1 Å². The summed E-state index contributed by atoms with van der Waals surface area (Å²) < 4.78 is 4.85. The van der Waals surface area contributed by atoms with Crippen LogP contribution < -0.4 is 16.4 Å². The first-order valence-electron chi connectivity index (χ1n) is 14.0. The molecule has 1 heterocycles. The van der Waals surface area contributed by atoms with Gasteiger partial charge in [0.2, 0.25) is 11.8 Å². The number of nitrogens with one attached hydrogen (secondary N) is 2. The van der Waals surface area contributed by atoms with E-state index in [0.717, 1.165) is 44.9 Å². The van der Waals surface area contributed by atoms with Gasteiger partial charge in [-0.05, 0) is 77.0 Å². The van der Waals surface area contributed by atoms with E-state index in [-0.39, 0.29) is 23.8 Å². The van der Waals surface area contributed by atoms with Crippen molar-refractivity contribution < 1.29 is 19.1 Å². The van der Waals surface area contributed by atoms with Crippen LogP contribution in [0.5, 0.6) is 0 Å². The van der Waals surface area contributed by atoms with E-state index in [1.807, 2.05) is 27.7 Å². The van der Waals surface area contributed by atoms with Crippen molar-refractivity contribution in [2.45, 2.75) is 120 Å². The highest BCUT2D eigenvalue weighted by Crippen LogP contribution is 2.40. The molecule has 3 amide bonds. The van der Waals surface area contributed by atoms with Gasteiger partial charge >= 0.3 is 6.09 Å². The van der Waals surface area contributed by atoms with Gasteiger partial charge in [0.25, 0.3) is 0 Å². The fourth-order valence-corrected chi connectivity index (χ4v) is 7.39. The molecule has 2 unspecified atom stereocenters. The molecule has 0 bridgehead atoms. The summed E-state index contributed by atoms with van der Waals surface area (Å²) in [5, 5.41) is 6.48. The van der Waals surface area contributed by atoms with E-state index in [1.165, 1.54) is 12.8 Å². The molecule has 8 nitrogen and oxygen atoms in total. The van der Waals surface area contributed by atoms with Crippen LogP contribution in [-0.2, 0) is 14.3 Å². The van der Waals surface area contributed by atoms with Crippen molar-refractivity contribution in [2.24, 2.45) is 17.6 Å². The Kier molecular flexibility index (Phi) is 10.8. The molecule has 36 heavy (non-hydrogen) atoms. The van der Waals surface area contributed by atoms with Gasteiger partial charge in [-0.15, -0.1) is 11.8 Å². The zero-order valence-corrected chi connectivity index (χ0v) is 23.5. The van der Waals surface area contributed by atoms with Crippen LogP contribution in [0.1, 0.15) is 91.9 Å².